The zero-order valence-electron chi connectivity index (χ0n) is 13.2. The highest BCUT2D eigenvalue weighted by Gasteiger charge is 2.35. The van der Waals surface area contributed by atoms with Gasteiger partial charge in [0, 0.05) is 24.0 Å². The minimum Gasteiger partial charge on any atom is -0.393 e. The van der Waals surface area contributed by atoms with Crippen LogP contribution in [0.2, 0.25) is 0 Å². The Morgan fingerprint density at radius 2 is 1.73 bits per heavy atom. The first-order valence-corrected chi connectivity index (χ1v) is 7.87. The van der Waals surface area contributed by atoms with Crippen LogP contribution in [0.3, 0.4) is 0 Å². The van der Waals surface area contributed by atoms with E-state index in [4.69, 9.17) is 0 Å². The predicted octanol–water partition coefficient (Wildman–Crippen LogP) is 3.50. The topological polar surface area (TPSA) is 58.0 Å². The summed E-state index contributed by atoms with van der Waals surface area (Å²) in [7, 11) is 0. The summed E-state index contributed by atoms with van der Waals surface area (Å²) in [6, 6.07) is 10.4. The van der Waals surface area contributed by atoms with Crippen LogP contribution in [-0.2, 0) is 0 Å². The van der Waals surface area contributed by atoms with E-state index in [1.165, 1.54) is 0 Å². The number of benzene rings is 1. The summed E-state index contributed by atoms with van der Waals surface area (Å²) in [6.07, 6.45) is 6.20. The molecule has 1 aromatic heterocycles. The van der Waals surface area contributed by atoms with Gasteiger partial charge >= 0.3 is 0 Å². The number of anilines is 1. The first kappa shape index (κ1) is 15.0. The Kier molecular flexibility index (Phi) is 4.12. The molecule has 22 heavy (non-hydrogen) atoms. The van der Waals surface area contributed by atoms with Crippen LogP contribution >= 0.6 is 0 Å². The second-order valence-electron chi connectivity index (χ2n) is 6.79. The quantitative estimate of drug-likeness (QED) is 0.910. The van der Waals surface area contributed by atoms with Gasteiger partial charge in [-0.3, -0.25) is 0 Å². The molecule has 0 spiro atoms. The zero-order valence-corrected chi connectivity index (χ0v) is 13.2. The fraction of sp³-hybridized carbons (Fsp3) is 0.444. The number of aliphatic hydroxyl groups excluding tert-OH is 1. The largest absolute Gasteiger partial charge is 0.393 e. The van der Waals surface area contributed by atoms with Crippen molar-refractivity contribution in [1.82, 2.24) is 9.97 Å². The van der Waals surface area contributed by atoms with E-state index < -0.39 is 0 Å². The lowest BCUT2D eigenvalue weighted by atomic mass is 9.73. The summed E-state index contributed by atoms with van der Waals surface area (Å²) in [5, 5.41) is 13.4. The lowest BCUT2D eigenvalue weighted by molar-refractivity contribution is 0.00922. The third-order valence-electron chi connectivity index (χ3n) is 4.56. The van der Waals surface area contributed by atoms with Crippen LogP contribution in [-0.4, -0.2) is 27.2 Å². The van der Waals surface area contributed by atoms with E-state index in [0.29, 0.717) is 12.0 Å². The molecule has 1 saturated carbocycles. The maximum Gasteiger partial charge on any atom is 0.222 e. The predicted molar refractivity (Wildman–Crippen MR) is 88.5 cm³/mol. The standard InChI is InChI=1S/C18H23N3O/c1-18(2)10-15(8-9-16(18)22)21-17-19-11-14(12-20-17)13-6-4-3-5-7-13/h3-7,11-12,15-16,22H,8-10H2,1-2H3,(H,19,20,21)/t15-,16-/m1/s1. The normalized spacial score (nSPS) is 24.0. The van der Waals surface area contributed by atoms with Crippen LogP contribution in [0.1, 0.15) is 33.1 Å². The summed E-state index contributed by atoms with van der Waals surface area (Å²) < 4.78 is 0. The summed E-state index contributed by atoms with van der Waals surface area (Å²) in [6.45, 7) is 4.23. The number of nitrogens with zero attached hydrogens (tertiary/aromatic N) is 2. The van der Waals surface area contributed by atoms with E-state index in [0.717, 1.165) is 30.4 Å². The van der Waals surface area contributed by atoms with Crippen molar-refractivity contribution >= 4 is 5.95 Å². The van der Waals surface area contributed by atoms with Crippen LogP contribution in [0.25, 0.3) is 11.1 Å². The molecule has 0 unspecified atom stereocenters. The number of hydrogen-bond acceptors (Lipinski definition) is 4. The molecule has 1 aliphatic carbocycles. The van der Waals surface area contributed by atoms with Gasteiger partial charge in [0.2, 0.25) is 5.95 Å². The number of hydrogen-bond donors (Lipinski definition) is 2. The smallest absolute Gasteiger partial charge is 0.222 e. The minimum absolute atomic E-state index is 0.0557. The molecule has 2 aromatic rings. The maximum atomic E-state index is 10.0. The molecule has 1 aliphatic rings. The fourth-order valence-corrected chi connectivity index (χ4v) is 3.11. The Morgan fingerprint density at radius 3 is 2.36 bits per heavy atom. The highest BCUT2D eigenvalue weighted by molar-refractivity contribution is 5.61. The Balaban J connectivity index is 1.67. The molecule has 0 bridgehead atoms. The number of aromatic nitrogens is 2. The van der Waals surface area contributed by atoms with Crippen LogP contribution in [0, 0.1) is 5.41 Å². The highest BCUT2D eigenvalue weighted by Crippen LogP contribution is 2.36. The van der Waals surface area contributed by atoms with Crippen molar-refractivity contribution in [1.29, 1.82) is 0 Å². The van der Waals surface area contributed by atoms with Gasteiger partial charge in [-0.1, -0.05) is 44.2 Å². The maximum absolute atomic E-state index is 10.0. The molecule has 1 heterocycles. The third-order valence-corrected chi connectivity index (χ3v) is 4.56. The van der Waals surface area contributed by atoms with Crippen LogP contribution in [0.15, 0.2) is 42.7 Å². The molecule has 2 atom stereocenters. The number of nitrogens with one attached hydrogen (secondary N) is 1. The van der Waals surface area contributed by atoms with Gasteiger partial charge < -0.3 is 10.4 Å². The second-order valence-corrected chi connectivity index (χ2v) is 6.79. The van der Waals surface area contributed by atoms with Crippen molar-refractivity contribution < 1.29 is 5.11 Å². The molecule has 3 rings (SSSR count). The van der Waals surface area contributed by atoms with Crippen molar-refractivity contribution in [3.8, 4) is 11.1 Å². The van der Waals surface area contributed by atoms with E-state index in [2.05, 4.69) is 41.3 Å². The summed E-state index contributed by atoms with van der Waals surface area (Å²) in [4.78, 5) is 8.86. The molecular weight excluding hydrogens is 274 g/mol. The van der Waals surface area contributed by atoms with Crippen molar-refractivity contribution in [2.75, 3.05) is 5.32 Å². The first-order chi connectivity index (χ1) is 10.5. The fourth-order valence-electron chi connectivity index (χ4n) is 3.11. The minimum atomic E-state index is -0.216. The average molecular weight is 297 g/mol. The summed E-state index contributed by atoms with van der Waals surface area (Å²) in [5.74, 6) is 0.664. The van der Waals surface area contributed by atoms with Crippen molar-refractivity contribution in [3.63, 3.8) is 0 Å². The summed E-state index contributed by atoms with van der Waals surface area (Å²) >= 11 is 0. The number of aliphatic hydroxyl groups is 1. The lowest BCUT2D eigenvalue weighted by Gasteiger charge is -2.39. The Morgan fingerprint density at radius 1 is 1.05 bits per heavy atom. The average Bonchev–Trinajstić information content (AvgIpc) is 2.52. The molecule has 0 amide bonds. The van der Waals surface area contributed by atoms with Gasteiger partial charge in [-0.15, -0.1) is 0 Å². The lowest BCUT2D eigenvalue weighted by Crippen LogP contribution is -2.41. The number of rotatable bonds is 3. The van der Waals surface area contributed by atoms with E-state index in [1.54, 1.807) is 0 Å². The zero-order chi connectivity index (χ0) is 15.6. The van der Waals surface area contributed by atoms with E-state index in [1.807, 2.05) is 30.6 Å². The Labute approximate surface area is 131 Å². The van der Waals surface area contributed by atoms with Gasteiger partial charge in [0.25, 0.3) is 0 Å². The van der Waals surface area contributed by atoms with E-state index in [9.17, 15) is 5.11 Å². The van der Waals surface area contributed by atoms with E-state index >= 15 is 0 Å². The van der Waals surface area contributed by atoms with Gasteiger partial charge in [0.1, 0.15) is 0 Å². The van der Waals surface area contributed by atoms with Crippen molar-refractivity contribution in [3.05, 3.63) is 42.7 Å². The van der Waals surface area contributed by atoms with Crippen LogP contribution < -0.4 is 5.32 Å². The summed E-state index contributed by atoms with van der Waals surface area (Å²) in [5.41, 5.74) is 2.08. The van der Waals surface area contributed by atoms with Gasteiger partial charge in [-0.2, -0.15) is 0 Å². The van der Waals surface area contributed by atoms with Crippen LogP contribution in [0.5, 0.6) is 0 Å². The van der Waals surface area contributed by atoms with E-state index in [-0.39, 0.29) is 11.5 Å². The molecule has 2 N–H and O–H groups in total. The Bertz CT molecular complexity index is 610. The molecular formula is C18H23N3O. The van der Waals surface area contributed by atoms with Gasteiger partial charge in [-0.25, -0.2) is 9.97 Å². The Hall–Kier alpha value is -1.94. The first-order valence-electron chi connectivity index (χ1n) is 7.87. The monoisotopic (exact) mass is 297 g/mol. The molecule has 1 aromatic carbocycles. The molecule has 0 aliphatic heterocycles. The molecule has 4 nitrogen and oxygen atoms in total. The van der Waals surface area contributed by atoms with Gasteiger partial charge in [0.05, 0.1) is 6.10 Å². The highest BCUT2D eigenvalue weighted by atomic mass is 16.3. The van der Waals surface area contributed by atoms with Gasteiger partial charge in [-0.05, 0) is 30.2 Å². The molecule has 0 radical (unpaired) electrons. The van der Waals surface area contributed by atoms with Crippen molar-refractivity contribution in [2.24, 2.45) is 5.41 Å². The molecule has 1 fully saturated rings. The SMILES string of the molecule is CC1(C)C[C@H](Nc2ncc(-c3ccccc3)cn2)CC[C@H]1O. The van der Waals surface area contributed by atoms with Crippen molar-refractivity contribution in [2.45, 2.75) is 45.3 Å². The molecule has 4 heteroatoms. The second kappa shape index (κ2) is 6.05. The third kappa shape index (κ3) is 3.28. The van der Waals surface area contributed by atoms with Crippen LogP contribution in [0.4, 0.5) is 5.95 Å². The molecule has 116 valence electrons. The molecule has 0 saturated heterocycles. The van der Waals surface area contributed by atoms with Gasteiger partial charge in [0.15, 0.2) is 0 Å².